The summed E-state index contributed by atoms with van der Waals surface area (Å²) in [5.74, 6) is 2.92. The van der Waals surface area contributed by atoms with E-state index >= 15 is 0 Å². The van der Waals surface area contributed by atoms with E-state index in [-0.39, 0.29) is 11.8 Å². The van der Waals surface area contributed by atoms with E-state index in [1.54, 1.807) is 6.20 Å². The first-order chi connectivity index (χ1) is 7.79. The zero-order valence-electron chi connectivity index (χ0n) is 9.10. The first-order valence-corrected chi connectivity index (χ1v) is 5.42. The predicted molar refractivity (Wildman–Crippen MR) is 61.5 cm³/mol. The molecule has 0 N–H and O–H groups in total. The van der Waals surface area contributed by atoms with Gasteiger partial charge < -0.3 is 4.90 Å². The van der Waals surface area contributed by atoms with Gasteiger partial charge in [-0.15, -0.1) is 12.3 Å². The number of rotatable bonds is 3. The number of carbonyl (C=O) groups excluding carboxylic acids is 1. The van der Waals surface area contributed by atoms with Crippen LogP contribution in [0.15, 0.2) is 24.5 Å². The molecule has 1 aliphatic rings. The second-order valence-electron chi connectivity index (χ2n) is 4.02. The van der Waals surface area contributed by atoms with Crippen molar-refractivity contribution in [1.29, 1.82) is 0 Å². The number of aromatic nitrogens is 1. The summed E-state index contributed by atoms with van der Waals surface area (Å²) in [4.78, 5) is 17.5. The number of likely N-dealkylation sites (tertiary alicyclic amines) is 1. The van der Waals surface area contributed by atoms with Crippen LogP contribution in [0, 0.1) is 18.3 Å². The Morgan fingerprint density at radius 2 is 2.50 bits per heavy atom. The summed E-state index contributed by atoms with van der Waals surface area (Å²) < 4.78 is 0. The summed E-state index contributed by atoms with van der Waals surface area (Å²) in [5, 5.41) is 0. The molecule has 1 aromatic rings. The van der Waals surface area contributed by atoms with E-state index in [9.17, 15) is 4.79 Å². The Labute approximate surface area is 95.5 Å². The van der Waals surface area contributed by atoms with Gasteiger partial charge in [-0.05, 0) is 18.1 Å². The highest BCUT2D eigenvalue weighted by Crippen LogP contribution is 2.16. The molecule has 82 valence electrons. The first-order valence-electron chi connectivity index (χ1n) is 5.42. The van der Waals surface area contributed by atoms with Gasteiger partial charge in [-0.2, -0.15) is 0 Å². The number of hydrogen-bond donors (Lipinski definition) is 0. The second kappa shape index (κ2) is 4.80. The van der Waals surface area contributed by atoms with Crippen molar-refractivity contribution < 1.29 is 4.79 Å². The van der Waals surface area contributed by atoms with Crippen LogP contribution in [0.3, 0.4) is 0 Å². The van der Waals surface area contributed by atoms with Crippen LogP contribution in [0.1, 0.15) is 12.0 Å². The molecule has 3 heteroatoms. The molecule has 1 unspecified atom stereocenters. The molecule has 0 spiro atoms. The molecule has 1 atom stereocenters. The van der Waals surface area contributed by atoms with Gasteiger partial charge in [-0.25, -0.2) is 0 Å². The van der Waals surface area contributed by atoms with Crippen molar-refractivity contribution in [3.8, 4) is 12.3 Å². The molecule has 2 rings (SSSR count). The third-order valence-corrected chi connectivity index (χ3v) is 2.84. The van der Waals surface area contributed by atoms with E-state index in [4.69, 9.17) is 6.42 Å². The van der Waals surface area contributed by atoms with Crippen LogP contribution in [0.4, 0.5) is 0 Å². The van der Waals surface area contributed by atoms with Crippen LogP contribution in [0.2, 0.25) is 0 Å². The fraction of sp³-hybridized carbons (Fsp3) is 0.385. The van der Waals surface area contributed by atoms with E-state index in [1.165, 1.54) is 0 Å². The van der Waals surface area contributed by atoms with Crippen molar-refractivity contribution in [1.82, 2.24) is 9.88 Å². The number of pyridine rings is 1. The molecule has 3 nitrogen and oxygen atoms in total. The topological polar surface area (TPSA) is 33.2 Å². The molecule has 1 saturated heterocycles. The van der Waals surface area contributed by atoms with E-state index < -0.39 is 0 Å². The number of carbonyl (C=O) groups is 1. The van der Waals surface area contributed by atoms with Gasteiger partial charge in [0.25, 0.3) is 0 Å². The molecule has 1 amide bonds. The largest absolute Gasteiger partial charge is 0.341 e. The maximum absolute atomic E-state index is 11.6. The zero-order chi connectivity index (χ0) is 11.4. The van der Waals surface area contributed by atoms with Gasteiger partial charge in [-0.1, -0.05) is 6.07 Å². The van der Waals surface area contributed by atoms with E-state index in [0.29, 0.717) is 13.0 Å². The Bertz CT molecular complexity index is 408. The average Bonchev–Trinajstić information content (AvgIpc) is 2.69. The Kier molecular flexibility index (Phi) is 3.21. The number of amides is 1. The Hall–Kier alpha value is -1.82. The Morgan fingerprint density at radius 3 is 3.12 bits per heavy atom. The lowest BCUT2D eigenvalue weighted by atomic mass is 10.1. The highest BCUT2D eigenvalue weighted by atomic mass is 16.2. The minimum Gasteiger partial charge on any atom is -0.341 e. The van der Waals surface area contributed by atoms with Crippen molar-refractivity contribution in [2.24, 2.45) is 5.92 Å². The minimum atomic E-state index is 0.0985. The van der Waals surface area contributed by atoms with Gasteiger partial charge in [0.05, 0.1) is 0 Å². The quantitative estimate of drug-likeness (QED) is 0.706. The molecule has 0 aromatic carbocycles. The molecule has 0 saturated carbocycles. The molecule has 1 fully saturated rings. The summed E-state index contributed by atoms with van der Waals surface area (Å²) >= 11 is 0. The average molecular weight is 214 g/mol. The molecular weight excluding hydrogens is 200 g/mol. The highest BCUT2D eigenvalue weighted by molar-refractivity contribution is 5.79. The Balaban J connectivity index is 1.88. The fourth-order valence-corrected chi connectivity index (χ4v) is 1.91. The molecule has 1 aliphatic heterocycles. The minimum absolute atomic E-state index is 0.0985. The standard InChI is InChI=1S/C13H14N2O/c1-2-11-8-13(16)15(10-11)7-5-12-4-3-6-14-9-12/h1,3-4,6,9,11H,5,7-8,10H2. The molecule has 1 aromatic heterocycles. The van der Waals surface area contributed by atoms with Crippen molar-refractivity contribution in [2.45, 2.75) is 12.8 Å². The lowest BCUT2D eigenvalue weighted by Gasteiger charge is -2.15. The fourth-order valence-electron chi connectivity index (χ4n) is 1.91. The summed E-state index contributed by atoms with van der Waals surface area (Å²) in [6, 6.07) is 3.93. The molecule has 2 heterocycles. The summed E-state index contributed by atoms with van der Waals surface area (Å²) in [7, 11) is 0. The SMILES string of the molecule is C#CC1CC(=O)N(CCc2cccnc2)C1. The lowest BCUT2D eigenvalue weighted by Crippen LogP contribution is -2.27. The van der Waals surface area contributed by atoms with Gasteiger partial charge in [0.1, 0.15) is 0 Å². The van der Waals surface area contributed by atoms with Crippen molar-refractivity contribution in [2.75, 3.05) is 13.1 Å². The molecular formula is C13H14N2O. The highest BCUT2D eigenvalue weighted by Gasteiger charge is 2.27. The van der Waals surface area contributed by atoms with Gasteiger partial charge in [-0.3, -0.25) is 9.78 Å². The predicted octanol–water partition coefficient (Wildman–Crippen LogP) is 1.11. The van der Waals surface area contributed by atoms with Gasteiger partial charge in [0.2, 0.25) is 5.91 Å². The van der Waals surface area contributed by atoms with Crippen LogP contribution in [0.25, 0.3) is 0 Å². The van der Waals surface area contributed by atoms with Gasteiger partial charge >= 0.3 is 0 Å². The summed E-state index contributed by atoms with van der Waals surface area (Å²) in [6.45, 7) is 1.44. The molecule has 0 radical (unpaired) electrons. The van der Waals surface area contributed by atoms with Gasteiger partial charge in [0.15, 0.2) is 0 Å². The van der Waals surface area contributed by atoms with Crippen LogP contribution in [0.5, 0.6) is 0 Å². The third-order valence-electron chi connectivity index (χ3n) is 2.84. The number of nitrogens with zero attached hydrogens (tertiary/aromatic N) is 2. The van der Waals surface area contributed by atoms with Crippen LogP contribution < -0.4 is 0 Å². The van der Waals surface area contributed by atoms with Crippen molar-refractivity contribution in [3.63, 3.8) is 0 Å². The molecule has 0 bridgehead atoms. The van der Waals surface area contributed by atoms with E-state index in [2.05, 4.69) is 10.9 Å². The van der Waals surface area contributed by atoms with E-state index in [1.807, 2.05) is 23.2 Å². The second-order valence-corrected chi connectivity index (χ2v) is 4.02. The van der Waals surface area contributed by atoms with Crippen molar-refractivity contribution >= 4 is 5.91 Å². The summed E-state index contributed by atoms with van der Waals surface area (Å²) in [6.07, 6.45) is 10.3. The normalized spacial score (nSPS) is 19.8. The molecule has 16 heavy (non-hydrogen) atoms. The van der Waals surface area contributed by atoms with Gasteiger partial charge in [0, 0.05) is 37.8 Å². The van der Waals surface area contributed by atoms with Crippen LogP contribution >= 0.6 is 0 Å². The lowest BCUT2D eigenvalue weighted by molar-refractivity contribution is -0.127. The van der Waals surface area contributed by atoms with Crippen LogP contribution in [-0.2, 0) is 11.2 Å². The Morgan fingerprint density at radius 1 is 1.62 bits per heavy atom. The molecule has 0 aliphatic carbocycles. The number of terminal acetylenes is 1. The number of hydrogen-bond acceptors (Lipinski definition) is 2. The van der Waals surface area contributed by atoms with E-state index in [0.717, 1.165) is 18.5 Å². The maximum atomic E-state index is 11.6. The monoisotopic (exact) mass is 214 g/mol. The maximum Gasteiger partial charge on any atom is 0.223 e. The summed E-state index contributed by atoms with van der Waals surface area (Å²) in [5.41, 5.74) is 1.15. The van der Waals surface area contributed by atoms with Crippen molar-refractivity contribution in [3.05, 3.63) is 30.1 Å². The third kappa shape index (κ3) is 2.40. The van der Waals surface area contributed by atoms with Crippen LogP contribution in [-0.4, -0.2) is 28.9 Å². The zero-order valence-corrected chi connectivity index (χ0v) is 9.10. The smallest absolute Gasteiger partial charge is 0.223 e. The first kappa shape index (κ1) is 10.7.